The van der Waals surface area contributed by atoms with E-state index in [0.29, 0.717) is 6.04 Å². The first-order valence-electron chi connectivity index (χ1n) is 6.61. The molecule has 0 unspecified atom stereocenters. The number of aromatic nitrogens is 1. The molecule has 0 aliphatic carbocycles. The Morgan fingerprint density at radius 1 is 1.33 bits per heavy atom. The summed E-state index contributed by atoms with van der Waals surface area (Å²) in [5.41, 5.74) is 1.30. The van der Waals surface area contributed by atoms with Gasteiger partial charge in [0.1, 0.15) is 5.75 Å². The van der Waals surface area contributed by atoms with E-state index in [1.165, 1.54) is 30.3 Å². The summed E-state index contributed by atoms with van der Waals surface area (Å²) in [5, 5.41) is 1.26. The van der Waals surface area contributed by atoms with Gasteiger partial charge in [0.15, 0.2) is 0 Å². The highest BCUT2D eigenvalue weighted by Crippen LogP contribution is 2.24. The topological polar surface area (TPSA) is 17.4 Å². The van der Waals surface area contributed by atoms with Crippen LogP contribution in [0.15, 0.2) is 30.5 Å². The summed E-state index contributed by atoms with van der Waals surface area (Å²) in [6, 6.07) is 9.15. The minimum atomic E-state index is 0.683. The minimum absolute atomic E-state index is 0.683. The van der Waals surface area contributed by atoms with Crippen LogP contribution in [-0.2, 0) is 6.54 Å². The van der Waals surface area contributed by atoms with Gasteiger partial charge in [-0.05, 0) is 50.7 Å². The molecule has 1 aromatic heterocycles. The number of hydrogen-bond donors (Lipinski definition) is 0. The number of ether oxygens (including phenoxy) is 1. The predicted octanol–water partition coefficient (Wildman–Crippen LogP) is 2.74. The first kappa shape index (κ1) is 11.6. The van der Waals surface area contributed by atoms with Crippen molar-refractivity contribution in [2.24, 2.45) is 0 Å². The molecule has 0 N–H and O–H groups in total. The maximum atomic E-state index is 5.26. The Morgan fingerprint density at radius 2 is 2.22 bits per heavy atom. The van der Waals surface area contributed by atoms with E-state index < -0.39 is 0 Å². The third kappa shape index (κ3) is 1.99. The van der Waals surface area contributed by atoms with E-state index in [4.69, 9.17) is 4.74 Å². The van der Waals surface area contributed by atoms with E-state index in [-0.39, 0.29) is 0 Å². The molecule has 3 rings (SSSR count). The van der Waals surface area contributed by atoms with Crippen molar-refractivity contribution in [2.75, 3.05) is 20.7 Å². The van der Waals surface area contributed by atoms with Crippen molar-refractivity contribution < 1.29 is 4.74 Å². The van der Waals surface area contributed by atoms with Crippen molar-refractivity contribution in [3.63, 3.8) is 0 Å². The second kappa shape index (κ2) is 4.65. The SMILES string of the molecule is COc1ccc2c(ccn2C[C@@H]2CCCN2C)c1. The van der Waals surface area contributed by atoms with Crippen LogP contribution in [0.25, 0.3) is 10.9 Å². The second-order valence-corrected chi connectivity index (χ2v) is 5.17. The monoisotopic (exact) mass is 244 g/mol. The van der Waals surface area contributed by atoms with E-state index in [2.05, 4.69) is 40.9 Å². The van der Waals surface area contributed by atoms with Crippen LogP contribution in [0.5, 0.6) is 5.75 Å². The lowest BCUT2D eigenvalue weighted by atomic mass is 10.2. The summed E-state index contributed by atoms with van der Waals surface area (Å²) in [6.07, 6.45) is 4.83. The summed E-state index contributed by atoms with van der Waals surface area (Å²) in [5.74, 6) is 0.929. The average Bonchev–Trinajstić information content (AvgIpc) is 2.97. The molecule has 1 aromatic carbocycles. The molecular weight excluding hydrogens is 224 g/mol. The van der Waals surface area contributed by atoms with Crippen molar-refractivity contribution in [2.45, 2.75) is 25.4 Å². The zero-order valence-electron chi connectivity index (χ0n) is 11.1. The normalized spacial score (nSPS) is 20.7. The van der Waals surface area contributed by atoms with Gasteiger partial charge in [-0.15, -0.1) is 0 Å². The minimum Gasteiger partial charge on any atom is -0.497 e. The van der Waals surface area contributed by atoms with Gasteiger partial charge in [0, 0.05) is 29.7 Å². The summed E-state index contributed by atoms with van der Waals surface area (Å²) in [7, 11) is 3.94. The Morgan fingerprint density at radius 3 is 2.94 bits per heavy atom. The molecule has 2 heterocycles. The molecule has 2 aromatic rings. The molecule has 1 aliphatic rings. The van der Waals surface area contributed by atoms with Crippen molar-refractivity contribution in [1.82, 2.24) is 9.47 Å². The smallest absolute Gasteiger partial charge is 0.119 e. The molecule has 1 saturated heterocycles. The zero-order valence-corrected chi connectivity index (χ0v) is 11.1. The molecule has 18 heavy (non-hydrogen) atoms. The largest absolute Gasteiger partial charge is 0.497 e. The van der Waals surface area contributed by atoms with Crippen LogP contribution in [0.3, 0.4) is 0 Å². The second-order valence-electron chi connectivity index (χ2n) is 5.17. The van der Waals surface area contributed by atoms with Crippen LogP contribution in [0.2, 0.25) is 0 Å². The molecule has 3 nitrogen and oxygen atoms in total. The van der Waals surface area contributed by atoms with Crippen molar-refractivity contribution in [3.8, 4) is 5.75 Å². The average molecular weight is 244 g/mol. The third-order valence-corrected chi connectivity index (χ3v) is 4.06. The number of methoxy groups -OCH3 is 1. The van der Waals surface area contributed by atoms with Crippen LogP contribution in [0.1, 0.15) is 12.8 Å². The quantitative estimate of drug-likeness (QED) is 0.826. The number of fused-ring (bicyclic) bond motifs is 1. The maximum absolute atomic E-state index is 5.26. The van der Waals surface area contributed by atoms with Gasteiger partial charge in [-0.1, -0.05) is 0 Å². The standard InChI is InChI=1S/C15H20N2O/c1-16-8-3-4-13(16)11-17-9-7-12-10-14(18-2)5-6-15(12)17/h5-7,9-10,13H,3-4,8,11H2,1-2H3/t13-/m0/s1. The van der Waals surface area contributed by atoms with Crippen molar-refractivity contribution >= 4 is 10.9 Å². The van der Waals surface area contributed by atoms with E-state index in [1.54, 1.807) is 7.11 Å². The van der Waals surface area contributed by atoms with Crippen molar-refractivity contribution in [1.29, 1.82) is 0 Å². The highest BCUT2D eigenvalue weighted by Gasteiger charge is 2.21. The molecular formula is C15H20N2O. The third-order valence-electron chi connectivity index (χ3n) is 4.06. The Balaban J connectivity index is 1.88. The molecule has 96 valence electrons. The zero-order chi connectivity index (χ0) is 12.5. The van der Waals surface area contributed by atoms with Gasteiger partial charge in [-0.3, -0.25) is 0 Å². The number of nitrogens with zero attached hydrogens (tertiary/aromatic N) is 2. The Kier molecular flexibility index (Phi) is 3.00. The van der Waals surface area contributed by atoms with Crippen LogP contribution < -0.4 is 4.74 Å². The van der Waals surface area contributed by atoms with Crippen LogP contribution in [-0.4, -0.2) is 36.2 Å². The van der Waals surface area contributed by atoms with Crippen LogP contribution in [0.4, 0.5) is 0 Å². The van der Waals surface area contributed by atoms with E-state index >= 15 is 0 Å². The maximum Gasteiger partial charge on any atom is 0.119 e. The first-order valence-corrected chi connectivity index (χ1v) is 6.61. The van der Waals surface area contributed by atoms with Gasteiger partial charge >= 0.3 is 0 Å². The molecule has 0 spiro atoms. The van der Waals surface area contributed by atoms with Gasteiger partial charge in [-0.2, -0.15) is 0 Å². The Labute approximate surface area is 108 Å². The molecule has 1 atom stereocenters. The number of likely N-dealkylation sites (tertiary alicyclic amines) is 1. The fourth-order valence-electron chi connectivity index (χ4n) is 2.90. The summed E-state index contributed by atoms with van der Waals surface area (Å²) in [6.45, 7) is 2.32. The Hall–Kier alpha value is -1.48. The lowest BCUT2D eigenvalue weighted by Gasteiger charge is -2.20. The predicted molar refractivity (Wildman–Crippen MR) is 74.1 cm³/mol. The molecule has 0 radical (unpaired) electrons. The molecule has 0 saturated carbocycles. The highest BCUT2D eigenvalue weighted by molar-refractivity contribution is 5.81. The molecule has 0 bridgehead atoms. The lowest BCUT2D eigenvalue weighted by Crippen LogP contribution is -2.28. The summed E-state index contributed by atoms with van der Waals surface area (Å²) < 4.78 is 7.63. The van der Waals surface area contributed by atoms with Crippen molar-refractivity contribution in [3.05, 3.63) is 30.5 Å². The number of rotatable bonds is 3. The fourth-order valence-corrected chi connectivity index (χ4v) is 2.90. The van der Waals surface area contributed by atoms with Gasteiger partial charge in [0.05, 0.1) is 7.11 Å². The highest BCUT2D eigenvalue weighted by atomic mass is 16.5. The van der Waals surface area contributed by atoms with Gasteiger partial charge in [0.25, 0.3) is 0 Å². The molecule has 1 fully saturated rings. The molecule has 3 heteroatoms. The Bertz CT molecular complexity index is 546. The summed E-state index contributed by atoms with van der Waals surface area (Å²) in [4.78, 5) is 2.47. The van der Waals surface area contributed by atoms with E-state index in [9.17, 15) is 0 Å². The molecule has 1 aliphatic heterocycles. The van der Waals surface area contributed by atoms with Gasteiger partial charge in [-0.25, -0.2) is 0 Å². The van der Waals surface area contributed by atoms with E-state index in [1.807, 2.05) is 6.07 Å². The number of likely N-dealkylation sites (N-methyl/N-ethyl adjacent to an activating group) is 1. The number of benzene rings is 1. The fraction of sp³-hybridized carbons (Fsp3) is 0.467. The lowest BCUT2D eigenvalue weighted by molar-refractivity contribution is 0.284. The van der Waals surface area contributed by atoms with Gasteiger partial charge in [0.2, 0.25) is 0 Å². The number of hydrogen-bond acceptors (Lipinski definition) is 2. The van der Waals surface area contributed by atoms with Crippen LogP contribution in [0, 0.1) is 0 Å². The van der Waals surface area contributed by atoms with E-state index in [0.717, 1.165) is 12.3 Å². The first-order chi connectivity index (χ1) is 8.78. The van der Waals surface area contributed by atoms with Crippen LogP contribution >= 0.6 is 0 Å². The molecule has 0 amide bonds. The van der Waals surface area contributed by atoms with Gasteiger partial charge < -0.3 is 14.2 Å². The summed E-state index contributed by atoms with van der Waals surface area (Å²) >= 11 is 0.